The molecule has 1 N–H and O–H groups in total. The molecule has 0 aliphatic carbocycles. The van der Waals surface area contributed by atoms with E-state index in [1.165, 1.54) is 16.8 Å². The standard InChI is InChI=1S/C18H23F2N3O2/c1-4-5-8-25-11-18(24)22-12(2)15-10-21-23(13(15)3)17-7-6-14(19)9-16(17)20/h6-7,9-10,12H,4-5,8,11H2,1-3H3,(H,22,24). The maximum absolute atomic E-state index is 14.0. The first-order valence-corrected chi connectivity index (χ1v) is 8.31. The first kappa shape index (κ1) is 19.1. The Kier molecular flexibility index (Phi) is 6.64. The van der Waals surface area contributed by atoms with E-state index < -0.39 is 11.6 Å². The van der Waals surface area contributed by atoms with Crippen LogP contribution in [0.4, 0.5) is 8.78 Å². The molecule has 1 aromatic carbocycles. The number of hydrogen-bond donors (Lipinski definition) is 1. The van der Waals surface area contributed by atoms with Crippen LogP contribution in [0.2, 0.25) is 0 Å². The van der Waals surface area contributed by atoms with Crippen molar-refractivity contribution in [1.82, 2.24) is 15.1 Å². The number of halogens is 2. The SMILES string of the molecule is CCCCOCC(=O)NC(C)c1cnn(-c2ccc(F)cc2F)c1C. The molecule has 0 saturated carbocycles. The Balaban J connectivity index is 2.05. The number of carbonyl (C=O) groups is 1. The van der Waals surface area contributed by atoms with Crippen LogP contribution in [-0.2, 0) is 9.53 Å². The second-order valence-electron chi connectivity index (χ2n) is 5.89. The molecule has 0 saturated heterocycles. The van der Waals surface area contributed by atoms with Gasteiger partial charge in [-0.1, -0.05) is 13.3 Å². The zero-order chi connectivity index (χ0) is 18.4. The van der Waals surface area contributed by atoms with Crippen molar-refractivity contribution in [1.29, 1.82) is 0 Å². The van der Waals surface area contributed by atoms with Crippen molar-refractivity contribution in [2.24, 2.45) is 0 Å². The Labute approximate surface area is 146 Å². The number of carbonyl (C=O) groups excluding carboxylic acids is 1. The van der Waals surface area contributed by atoms with Crippen LogP contribution in [0.3, 0.4) is 0 Å². The highest BCUT2D eigenvalue weighted by molar-refractivity contribution is 5.77. The van der Waals surface area contributed by atoms with Gasteiger partial charge in [-0.05, 0) is 32.4 Å². The molecule has 0 fully saturated rings. The van der Waals surface area contributed by atoms with E-state index >= 15 is 0 Å². The molecule has 1 unspecified atom stereocenters. The van der Waals surface area contributed by atoms with Gasteiger partial charge in [0.2, 0.25) is 5.91 Å². The van der Waals surface area contributed by atoms with Crippen LogP contribution in [0, 0.1) is 18.6 Å². The van der Waals surface area contributed by atoms with Gasteiger partial charge in [0, 0.05) is 23.9 Å². The van der Waals surface area contributed by atoms with Crippen LogP contribution in [-0.4, -0.2) is 28.9 Å². The molecule has 1 aromatic heterocycles. The summed E-state index contributed by atoms with van der Waals surface area (Å²) in [5, 5.41) is 6.99. The monoisotopic (exact) mass is 351 g/mol. The van der Waals surface area contributed by atoms with Gasteiger partial charge in [0.05, 0.1) is 12.2 Å². The Morgan fingerprint density at radius 1 is 1.40 bits per heavy atom. The number of ether oxygens (including phenoxy) is 1. The summed E-state index contributed by atoms with van der Waals surface area (Å²) in [4.78, 5) is 11.9. The zero-order valence-electron chi connectivity index (χ0n) is 14.7. The Morgan fingerprint density at radius 2 is 2.16 bits per heavy atom. The van der Waals surface area contributed by atoms with Gasteiger partial charge in [-0.2, -0.15) is 5.10 Å². The van der Waals surface area contributed by atoms with Crippen LogP contribution in [0.25, 0.3) is 5.69 Å². The largest absolute Gasteiger partial charge is 0.372 e. The summed E-state index contributed by atoms with van der Waals surface area (Å²) < 4.78 is 33.7. The van der Waals surface area contributed by atoms with E-state index in [0.717, 1.165) is 24.5 Å². The van der Waals surface area contributed by atoms with Crippen molar-refractivity contribution >= 4 is 5.91 Å². The van der Waals surface area contributed by atoms with E-state index in [-0.39, 0.29) is 24.2 Å². The number of unbranched alkanes of at least 4 members (excludes halogenated alkanes) is 1. The number of hydrogen-bond acceptors (Lipinski definition) is 3. The minimum Gasteiger partial charge on any atom is -0.372 e. The summed E-state index contributed by atoms with van der Waals surface area (Å²) in [5.41, 5.74) is 1.59. The van der Waals surface area contributed by atoms with Gasteiger partial charge in [0.25, 0.3) is 0 Å². The maximum Gasteiger partial charge on any atom is 0.246 e. The number of nitrogens with one attached hydrogen (secondary N) is 1. The number of benzene rings is 1. The van der Waals surface area contributed by atoms with E-state index in [0.29, 0.717) is 12.3 Å². The molecule has 7 heteroatoms. The molecule has 0 aliphatic rings. The molecule has 1 heterocycles. The number of rotatable bonds is 8. The second-order valence-corrected chi connectivity index (χ2v) is 5.89. The van der Waals surface area contributed by atoms with Gasteiger partial charge in [0.1, 0.15) is 18.1 Å². The van der Waals surface area contributed by atoms with Gasteiger partial charge in [-0.15, -0.1) is 0 Å². The van der Waals surface area contributed by atoms with E-state index in [1.807, 2.05) is 6.92 Å². The summed E-state index contributed by atoms with van der Waals surface area (Å²) in [5.74, 6) is -1.56. The van der Waals surface area contributed by atoms with Crippen LogP contribution >= 0.6 is 0 Å². The highest BCUT2D eigenvalue weighted by atomic mass is 19.1. The Bertz CT molecular complexity index is 731. The van der Waals surface area contributed by atoms with Crippen molar-refractivity contribution < 1.29 is 18.3 Å². The number of nitrogens with zero attached hydrogens (tertiary/aromatic N) is 2. The molecule has 2 rings (SSSR count). The van der Waals surface area contributed by atoms with Crippen molar-refractivity contribution in [3.63, 3.8) is 0 Å². The lowest BCUT2D eigenvalue weighted by Gasteiger charge is -2.14. The minimum atomic E-state index is -0.696. The predicted molar refractivity (Wildman–Crippen MR) is 90.5 cm³/mol. The van der Waals surface area contributed by atoms with E-state index in [2.05, 4.69) is 17.3 Å². The van der Waals surface area contributed by atoms with E-state index in [9.17, 15) is 13.6 Å². The predicted octanol–water partition coefficient (Wildman–Crippen LogP) is 3.45. The first-order chi connectivity index (χ1) is 11.9. The lowest BCUT2D eigenvalue weighted by molar-refractivity contribution is -0.126. The Morgan fingerprint density at radius 3 is 2.84 bits per heavy atom. The van der Waals surface area contributed by atoms with Gasteiger partial charge in [0.15, 0.2) is 5.82 Å². The average Bonchev–Trinajstić information content (AvgIpc) is 2.93. The third-order valence-corrected chi connectivity index (χ3v) is 3.91. The Hall–Kier alpha value is -2.28. The third kappa shape index (κ3) is 4.85. The fourth-order valence-electron chi connectivity index (χ4n) is 2.52. The van der Waals surface area contributed by atoms with Crippen molar-refractivity contribution in [3.8, 4) is 5.69 Å². The van der Waals surface area contributed by atoms with Crippen LogP contribution in [0.15, 0.2) is 24.4 Å². The summed E-state index contributed by atoms with van der Waals surface area (Å²) >= 11 is 0. The van der Waals surface area contributed by atoms with Gasteiger partial charge < -0.3 is 10.1 Å². The summed E-state index contributed by atoms with van der Waals surface area (Å²) in [7, 11) is 0. The number of aromatic nitrogens is 2. The van der Waals surface area contributed by atoms with E-state index in [4.69, 9.17) is 4.74 Å². The molecule has 1 amide bonds. The maximum atomic E-state index is 14.0. The molecule has 0 aliphatic heterocycles. The van der Waals surface area contributed by atoms with Crippen LogP contribution in [0.5, 0.6) is 0 Å². The lowest BCUT2D eigenvalue weighted by atomic mass is 10.1. The topological polar surface area (TPSA) is 56.1 Å². The fourth-order valence-corrected chi connectivity index (χ4v) is 2.52. The zero-order valence-corrected chi connectivity index (χ0v) is 14.7. The summed E-state index contributed by atoms with van der Waals surface area (Å²) in [6.07, 6.45) is 3.50. The molecule has 0 spiro atoms. The second kappa shape index (κ2) is 8.71. The van der Waals surface area contributed by atoms with Crippen LogP contribution in [0.1, 0.15) is 44.0 Å². The lowest BCUT2D eigenvalue weighted by Crippen LogP contribution is -2.30. The smallest absolute Gasteiger partial charge is 0.246 e. The third-order valence-electron chi connectivity index (χ3n) is 3.91. The molecule has 0 radical (unpaired) electrons. The molecule has 1 atom stereocenters. The van der Waals surface area contributed by atoms with Crippen molar-refractivity contribution in [3.05, 3.63) is 47.3 Å². The minimum absolute atomic E-state index is 0.00408. The summed E-state index contributed by atoms with van der Waals surface area (Å²) in [6, 6.07) is 3.02. The molecule has 5 nitrogen and oxygen atoms in total. The van der Waals surface area contributed by atoms with Gasteiger partial charge in [-0.3, -0.25) is 4.79 Å². The first-order valence-electron chi connectivity index (χ1n) is 8.31. The fraction of sp³-hybridized carbons (Fsp3) is 0.444. The molecular formula is C18H23F2N3O2. The molecular weight excluding hydrogens is 328 g/mol. The number of amides is 1. The molecule has 2 aromatic rings. The van der Waals surface area contributed by atoms with Gasteiger partial charge >= 0.3 is 0 Å². The van der Waals surface area contributed by atoms with Crippen LogP contribution < -0.4 is 5.32 Å². The summed E-state index contributed by atoms with van der Waals surface area (Å²) in [6.45, 7) is 6.20. The van der Waals surface area contributed by atoms with Gasteiger partial charge in [-0.25, -0.2) is 13.5 Å². The van der Waals surface area contributed by atoms with Crippen molar-refractivity contribution in [2.75, 3.05) is 13.2 Å². The average molecular weight is 351 g/mol. The van der Waals surface area contributed by atoms with Crippen molar-refractivity contribution in [2.45, 2.75) is 39.7 Å². The highest BCUT2D eigenvalue weighted by Crippen LogP contribution is 2.22. The highest BCUT2D eigenvalue weighted by Gasteiger charge is 2.18. The normalized spacial score (nSPS) is 12.2. The molecule has 25 heavy (non-hydrogen) atoms. The molecule has 136 valence electrons. The quantitative estimate of drug-likeness (QED) is 0.741. The molecule has 0 bridgehead atoms. The van der Waals surface area contributed by atoms with E-state index in [1.54, 1.807) is 13.1 Å².